The molecule has 1 aromatic carbocycles. The zero-order valence-corrected chi connectivity index (χ0v) is 7.72. The molecule has 0 saturated heterocycles. The van der Waals surface area contributed by atoms with Gasteiger partial charge in [0.15, 0.2) is 0 Å². The first-order valence-corrected chi connectivity index (χ1v) is 3.59. The summed E-state index contributed by atoms with van der Waals surface area (Å²) in [5, 5.41) is 9.23. The lowest BCUT2D eigenvalue weighted by atomic mass is 10.1. The van der Waals surface area contributed by atoms with Crippen molar-refractivity contribution >= 4 is 12.4 Å². The average Bonchev–Trinajstić information content (AvgIpc) is 2.08. The maximum absolute atomic E-state index is 12.6. The van der Waals surface area contributed by atoms with E-state index < -0.39 is 11.9 Å². The van der Waals surface area contributed by atoms with E-state index in [1.54, 1.807) is 0 Å². The van der Waals surface area contributed by atoms with Gasteiger partial charge in [-0.25, -0.2) is 4.39 Å². The molecule has 0 aliphatic rings. The van der Waals surface area contributed by atoms with Crippen molar-refractivity contribution in [1.29, 1.82) is 0 Å². The fourth-order valence-corrected chi connectivity index (χ4v) is 0.949. The third-order valence-corrected chi connectivity index (χ3v) is 1.64. The number of phenols is 1. The monoisotopic (exact) mass is 206 g/mol. The summed E-state index contributed by atoms with van der Waals surface area (Å²) in [7, 11) is 0. The van der Waals surface area contributed by atoms with Crippen molar-refractivity contribution in [2.75, 3.05) is 6.54 Å². The minimum atomic E-state index is -0.513. The van der Waals surface area contributed by atoms with Crippen LogP contribution in [0.2, 0.25) is 0 Å². The van der Waals surface area contributed by atoms with Crippen molar-refractivity contribution in [3.8, 4) is 5.75 Å². The topological polar surface area (TPSA) is 72.3 Å². The van der Waals surface area contributed by atoms with Crippen LogP contribution in [0.15, 0.2) is 18.2 Å². The van der Waals surface area contributed by atoms with E-state index >= 15 is 0 Å². The molecule has 0 saturated carbocycles. The molecular weight excluding hydrogens is 195 g/mol. The molecule has 0 heterocycles. The van der Waals surface area contributed by atoms with Gasteiger partial charge in [-0.15, -0.1) is 12.4 Å². The Bertz CT molecular complexity index is 283. The van der Waals surface area contributed by atoms with E-state index in [2.05, 4.69) is 0 Å². The SMILES string of the molecule is Cl.NC[C@@H](N)c1cc(F)ccc1O. The fourth-order valence-electron chi connectivity index (χ4n) is 0.949. The van der Waals surface area contributed by atoms with Crippen LogP contribution in [-0.4, -0.2) is 11.7 Å². The molecule has 0 aromatic heterocycles. The van der Waals surface area contributed by atoms with Gasteiger partial charge in [-0.2, -0.15) is 0 Å². The summed E-state index contributed by atoms with van der Waals surface area (Å²) < 4.78 is 12.6. The molecule has 1 atom stereocenters. The normalized spacial score (nSPS) is 11.9. The first kappa shape index (κ1) is 12.2. The van der Waals surface area contributed by atoms with Crippen molar-refractivity contribution in [1.82, 2.24) is 0 Å². The number of rotatable bonds is 2. The van der Waals surface area contributed by atoms with Crippen LogP contribution in [-0.2, 0) is 0 Å². The number of hydrogen-bond acceptors (Lipinski definition) is 3. The number of phenolic OH excluding ortho intramolecular Hbond substituents is 1. The van der Waals surface area contributed by atoms with Crippen molar-refractivity contribution < 1.29 is 9.50 Å². The molecule has 5 N–H and O–H groups in total. The van der Waals surface area contributed by atoms with Gasteiger partial charge in [-0.05, 0) is 18.2 Å². The zero-order chi connectivity index (χ0) is 9.14. The van der Waals surface area contributed by atoms with Gasteiger partial charge in [-0.1, -0.05) is 0 Å². The molecule has 3 nitrogen and oxygen atoms in total. The molecule has 0 bridgehead atoms. The Labute approximate surface area is 82.0 Å². The largest absolute Gasteiger partial charge is 0.508 e. The van der Waals surface area contributed by atoms with Crippen molar-refractivity contribution in [3.63, 3.8) is 0 Å². The molecule has 0 fully saturated rings. The number of halogens is 2. The Morgan fingerprint density at radius 2 is 2.08 bits per heavy atom. The quantitative estimate of drug-likeness (QED) is 0.674. The Balaban J connectivity index is 0.00000144. The summed E-state index contributed by atoms with van der Waals surface area (Å²) in [6, 6.07) is 3.11. The molecule has 0 amide bonds. The predicted octanol–water partition coefficient (Wildman–Crippen LogP) is 0.912. The average molecular weight is 207 g/mol. The maximum atomic E-state index is 12.6. The number of hydrogen-bond donors (Lipinski definition) is 3. The molecule has 0 radical (unpaired) electrons. The highest BCUT2D eigenvalue weighted by Crippen LogP contribution is 2.22. The second-order valence-electron chi connectivity index (χ2n) is 2.55. The molecule has 13 heavy (non-hydrogen) atoms. The summed E-state index contributed by atoms with van der Waals surface area (Å²) in [5.41, 5.74) is 11.1. The second-order valence-corrected chi connectivity index (χ2v) is 2.55. The second kappa shape index (κ2) is 5.01. The van der Waals surface area contributed by atoms with Crippen LogP contribution in [0, 0.1) is 5.82 Å². The van der Waals surface area contributed by atoms with Gasteiger partial charge in [0.25, 0.3) is 0 Å². The van der Waals surface area contributed by atoms with Crippen LogP contribution < -0.4 is 11.5 Å². The summed E-state index contributed by atoms with van der Waals surface area (Å²) >= 11 is 0. The highest BCUT2D eigenvalue weighted by Gasteiger charge is 2.09. The van der Waals surface area contributed by atoms with Crippen LogP contribution >= 0.6 is 12.4 Å². The first-order valence-electron chi connectivity index (χ1n) is 3.59. The lowest BCUT2D eigenvalue weighted by Gasteiger charge is -2.10. The van der Waals surface area contributed by atoms with E-state index in [0.717, 1.165) is 0 Å². The van der Waals surface area contributed by atoms with Gasteiger partial charge in [-0.3, -0.25) is 0 Å². The molecule has 0 aliphatic carbocycles. The van der Waals surface area contributed by atoms with E-state index in [1.165, 1.54) is 18.2 Å². The number of nitrogens with two attached hydrogens (primary N) is 2. The zero-order valence-electron chi connectivity index (χ0n) is 6.90. The van der Waals surface area contributed by atoms with E-state index in [1.807, 2.05) is 0 Å². The van der Waals surface area contributed by atoms with Gasteiger partial charge in [0.1, 0.15) is 11.6 Å². The van der Waals surface area contributed by atoms with Crippen molar-refractivity contribution in [3.05, 3.63) is 29.6 Å². The van der Waals surface area contributed by atoms with Gasteiger partial charge >= 0.3 is 0 Å². The minimum absolute atomic E-state index is 0. The molecule has 0 unspecified atom stereocenters. The first-order chi connectivity index (χ1) is 5.65. The Morgan fingerprint density at radius 1 is 1.46 bits per heavy atom. The lowest BCUT2D eigenvalue weighted by molar-refractivity contribution is 0.459. The highest BCUT2D eigenvalue weighted by molar-refractivity contribution is 5.85. The Kier molecular flexibility index (Phi) is 4.69. The van der Waals surface area contributed by atoms with Gasteiger partial charge in [0, 0.05) is 18.2 Å². The fraction of sp³-hybridized carbons (Fsp3) is 0.250. The van der Waals surface area contributed by atoms with Crippen molar-refractivity contribution in [2.24, 2.45) is 11.5 Å². The van der Waals surface area contributed by atoms with E-state index in [0.29, 0.717) is 5.56 Å². The predicted molar refractivity (Wildman–Crippen MR) is 51.3 cm³/mol. The minimum Gasteiger partial charge on any atom is -0.508 e. The molecule has 5 heteroatoms. The van der Waals surface area contributed by atoms with Crippen molar-refractivity contribution in [2.45, 2.75) is 6.04 Å². The van der Waals surface area contributed by atoms with Gasteiger partial charge in [0.2, 0.25) is 0 Å². The number of aromatic hydroxyl groups is 1. The molecule has 1 aromatic rings. The summed E-state index contributed by atoms with van der Waals surface area (Å²) in [4.78, 5) is 0. The van der Waals surface area contributed by atoms with Crippen LogP contribution in [0.25, 0.3) is 0 Å². The summed E-state index contributed by atoms with van der Waals surface area (Å²) in [6.07, 6.45) is 0. The van der Waals surface area contributed by atoms with E-state index in [-0.39, 0.29) is 24.7 Å². The van der Waals surface area contributed by atoms with E-state index in [9.17, 15) is 9.50 Å². The molecule has 74 valence electrons. The van der Waals surface area contributed by atoms with E-state index in [4.69, 9.17) is 11.5 Å². The highest BCUT2D eigenvalue weighted by atomic mass is 35.5. The standard InChI is InChI=1S/C8H11FN2O.ClH/c9-5-1-2-8(12)6(3-5)7(11)4-10;/h1-3,7,12H,4,10-11H2;1H/t7-;/m1./s1. The molecule has 0 spiro atoms. The van der Waals surface area contributed by atoms with Gasteiger partial charge < -0.3 is 16.6 Å². The molecular formula is C8H12ClFN2O. The van der Waals surface area contributed by atoms with Crippen LogP contribution in [0.4, 0.5) is 4.39 Å². The molecule has 1 rings (SSSR count). The Hall–Kier alpha value is -0.840. The van der Waals surface area contributed by atoms with Crippen LogP contribution in [0.5, 0.6) is 5.75 Å². The third-order valence-electron chi connectivity index (χ3n) is 1.64. The van der Waals surface area contributed by atoms with Gasteiger partial charge in [0.05, 0.1) is 0 Å². The molecule has 0 aliphatic heterocycles. The summed E-state index contributed by atoms with van der Waals surface area (Å²) in [6.45, 7) is 0.178. The number of benzene rings is 1. The smallest absolute Gasteiger partial charge is 0.123 e. The third kappa shape index (κ3) is 2.84. The Morgan fingerprint density at radius 3 is 2.62 bits per heavy atom. The lowest BCUT2D eigenvalue weighted by Crippen LogP contribution is -2.20. The maximum Gasteiger partial charge on any atom is 0.123 e. The summed E-state index contributed by atoms with van der Waals surface area (Å²) in [5.74, 6) is -0.443. The van der Waals surface area contributed by atoms with Crippen LogP contribution in [0.3, 0.4) is 0 Å². The van der Waals surface area contributed by atoms with Crippen LogP contribution in [0.1, 0.15) is 11.6 Å².